The summed E-state index contributed by atoms with van der Waals surface area (Å²) in [7, 11) is 0. The molecule has 1 heterocycles. The summed E-state index contributed by atoms with van der Waals surface area (Å²) in [5.74, 6) is 1.32. The lowest BCUT2D eigenvalue weighted by molar-refractivity contribution is 0.629. The Kier molecular flexibility index (Phi) is 3.78. The van der Waals surface area contributed by atoms with Crippen molar-refractivity contribution in [3.8, 4) is 0 Å². The summed E-state index contributed by atoms with van der Waals surface area (Å²) >= 11 is 9.16. The first kappa shape index (κ1) is 11.8. The molecule has 0 unspecified atom stereocenters. The number of aromatic nitrogens is 1. The maximum atomic E-state index is 5.82. The minimum atomic E-state index is -0.00535. The normalized spacial score (nSPS) is 11.5. The van der Waals surface area contributed by atoms with Crippen LogP contribution in [-0.2, 0) is 5.88 Å². The summed E-state index contributed by atoms with van der Waals surface area (Å²) in [6, 6.07) is 3.86. The molecule has 14 heavy (non-hydrogen) atoms. The highest BCUT2D eigenvalue weighted by molar-refractivity contribution is 9.10. The van der Waals surface area contributed by atoms with E-state index in [1.165, 1.54) is 0 Å². The van der Waals surface area contributed by atoms with Crippen molar-refractivity contribution < 1.29 is 0 Å². The second-order valence-electron chi connectivity index (χ2n) is 4.15. The van der Waals surface area contributed by atoms with E-state index in [-0.39, 0.29) is 5.54 Å². The third-order valence-electron chi connectivity index (χ3n) is 1.58. The van der Waals surface area contributed by atoms with Crippen LogP contribution in [0, 0.1) is 0 Å². The van der Waals surface area contributed by atoms with Gasteiger partial charge >= 0.3 is 0 Å². The van der Waals surface area contributed by atoms with Crippen LogP contribution in [-0.4, -0.2) is 10.5 Å². The number of nitrogens with zero attached hydrogens (tertiary/aromatic N) is 1. The first-order chi connectivity index (χ1) is 6.42. The molecule has 0 saturated heterocycles. The molecule has 0 aromatic carbocycles. The molecule has 0 amide bonds. The number of anilines is 1. The van der Waals surface area contributed by atoms with Crippen molar-refractivity contribution in [2.24, 2.45) is 0 Å². The number of hydrogen-bond donors (Lipinski definition) is 1. The number of halogens is 2. The molecule has 0 spiro atoms. The zero-order valence-corrected chi connectivity index (χ0v) is 10.9. The average Bonchev–Trinajstić information content (AvgIpc) is 2.01. The molecule has 1 aromatic heterocycles. The molecular formula is C10H14BrClN2. The third-order valence-corrected chi connectivity index (χ3v) is 2.31. The minimum absolute atomic E-state index is 0.00535. The Balaban J connectivity index is 2.99. The molecule has 0 saturated carbocycles. The first-order valence-corrected chi connectivity index (χ1v) is 5.75. The summed E-state index contributed by atoms with van der Waals surface area (Å²) in [4.78, 5) is 4.35. The van der Waals surface area contributed by atoms with E-state index in [0.29, 0.717) is 5.88 Å². The fourth-order valence-electron chi connectivity index (χ4n) is 1.04. The lowest BCUT2D eigenvalue weighted by Crippen LogP contribution is -2.27. The van der Waals surface area contributed by atoms with Gasteiger partial charge in [0.25, 0.3) is 0 Å². The zero-order valence-electron chi connectivity index (χ0n) is 8.56. The molecule has 1 N–H and O–H groups in total. The summed E-state index contributed by atoms with van der Waals surface area (Å²) in [5, 5.41) is 3.32. The molecular weight excluding hydrogens is 263 g/mol. The quantitative estimate of drug-likeness (QED) is 0.657. The SMILES string of the molecule is CC(C)(C)Nc1nc(Br)ccc1CCl. The maximum absolute atomic E-state index is 5.82. The van der Waals surface area contributed by atoms with Crippen LogP contribution in [0.5, 0.6) is 0 Å². The van der Waals surface area contributed by atoms with E-state index in [1.54, 1.807) is 0 Å². The summed E-state index contributed by atoms with van der Waals surface area (Å²) in [6.07, 6.45) is 0. The maximum Gasteiger partial charge on any atom is 0.132 e. The number of hydrogen-bond acceptors (Lipinski definition) is 2. The molecule has 0 radical (unpaired) electrons. The lowest BCUT2D eigenvalue weighted by Gasteiger charge is -2.22. The van der Waals surface area contributed by atoms with Gasteiger partial charge in [0.1, 0.15) is 10.4 Å². The highest BCUT2D eigenvalue weighted by atomic mass is 79.9. The molecule has 0 fully saturated rings. The average molecular weight is 278 g/mol. The Labute approximate surface area is 98.2 Å². The van der Waals surface area contributed by atoms with E-state index in [2.05, 4.69) is 47.0 Å². The van der Waals surface area contributed by atoms with Crippen molar-refractivity contribution in [2.75, 3.05) is 5.32 Å². The van der Waals surface area contributed by atoms with Crippen molar-refractivity contribution in [1.29, 1.82) is 0 Å². The van der Waals surface area contributed by atoms with E-state index in [1.807, 2.05) is 12.1 Å². The minimum Gasteiger partial charge on any atom is -0.365 e. The topological polar surface area (TPSA) is 24.9 Å². The Morgan fingerprint density at radius 2 is 2.07 bits per heavy atom. The van der Waals surface area contributed by atoms with Crippen LogP contribution in [0.1, 0.15) is 26.3 Å². The second-order valence-corrected chi connectivity index (χ2v) is 5.23. The van der Waals surface area contributed by atoms with Crippen molar-refractivity contribution in [2.45, 2.75) is 32.2 Å². The first-order valence-electron chi connectivity index (χ1n) is 4.42. The predicted molar refractivity (Wildman–Crippen MR) is 64.9 cm³/mol. The Morgan fingerprint density at radius 1 is 1.43 bits per heavy atom. The number of nitrogens with one attached hydrogen (secondary N) is 1. The van der Waals surface area contributed by atoms with Gasteiger partial charge < -0.3 is 5.32 Å². The standard InChI is InChI=1S/C10H14BrClN2/c1-10(2,3)14-9-7(6-12)4-5-8(11)13-9/h4-5H,6H2,1-3H3,(H,13,14). The Bertz CT molecular complexity index is 320. The molecule has 1 aromatic rings. The van der Waals surface area contributed by atoms with Crippen LogP contribution in [0.15, 0.2) is 16.7 Å². The predicted octanol–water partition coefficient (Wildman–Crippen LogP) is 3.79. The van der Waals surface area contributed by atoms with Crippen LogP contribution >= 0.6 is 27.5 Å². The fraction of sp³-hybridized carbons (Fsp3) is 0.500. The van der Waals surface area contributed by atoms with Crippen LogP contribution in [0.2, 0.25) is 0 Å². The van der Waals surface area contributed by atoms with Gasteiger partial charge in [-0.1, -0.05) is 6.07 Å². The van der Waals surface area contributed by atoms with Gasteiger partial charge in [-0.15, -0.1) is 11.6 Å². The van der Waals surface area contributed by atoms with Crippen LogP contribution in [0.4, 0.5) is 5.82 Å². The third kappa shape index (κ3) is 3.46. The van der Waals surface area contributed by atoms with E-state index in [9.17, 15) is 0 Å². The smallest absolute Gasteiger partial charge is 0.132 e. The van der Waals surface area contributed by atoms with Gasteiger partial charge in [0, 0.05) is 11.1 Å². The van der Waals surface area contributed by atoms with E-state index < -0.39 is 0 Å². The summed E-state index contributed by atoms with van der Waals surface area (Å²) in [6.45, 7) is 6.27. The van der Waals surface area contributed by atoms with Gasteiger partial charge in [-0.2, -0.15) is 0 Å². The van der Waals surface area contributed by atoms with Gasteiger partial charge in [0.15, 0.2) is 0 Å². The highest BCUT2D eigenvalue weighted by Gasteiger charge is 2.13. The van der Waals surface area contributed by atoms with Crippen LogP contribution in [0.25, 0.3) is 0 Å². The molecule has 0 aliphatic heterocycles. The largest absolute Gasteiger partial charge is 0.365 e. The number of pyridine rings is 1. The van der Waals surface area contributed by atoms with E-state index in [0.717, 1.165) is 16.0 Å². The van der Waals surface area contributed by atoms with E-state index in [4.69, 9.17) is 11.6 Å². The summed E-state index contributed by atoms with van der Waals surface area (Å²) < 4.78 is 0.818. The zero-order chi connectivity index (χ0) is 10.8. The molecule has 0 atom stereocenters. The molecule has 1 rings (SSSR count). The highest BCUT2D eigenvalue weighted by Crippen LogP contribution is 2.21. The van der Waals surface area contributed by atoms with Crippen molar-refractivity contribution in [3.05, 3.63) is 22.3 Å². The molecule has 0 bridgehead atoms. The Hall–Kier alpha value is -0.280. The van der Waals surface area contributed by atoms with Crippen molar-refractivity contribution in [3.63, 3.8) is 0 Å². The van der Waals surface area contributed by atoms with Crippen molar-refractivity contribution >= 4 is 33.3 Å². The van der Waals surface area contributed by atoms with Gasteiger partial charge in [0.2, 0.25) is 0 Å². The fourth-order valence-corrected chi connectivity index (χ4v) is 1.56. The number of rotatable bonds is 2. The lowest BCUT2D eigenvalue weighted by atomic mass is 10.1. The van der Waals surface area contributed by atoms with Gasteiger partial charge in [-0.05, 0) is 42.8 Å². The molecule has 4 heteroatoms. The molecule has 0 aliphatic carbocycles. The Morgan fingerprint density at radius 3 is 2.57 bits per heavy atom. The molecule has 78 valence electrons. The van der Waals surface area contributed by atoms with Crippen molar-refractivity contribution in [1.82, 2.24) is 4.98 Å². The van der Waals surface area contributed by atoms with E-state index >= 15 is 0 Å². The molecule has 2 nitrogen and oxygen atoms in total. The van der Waals surface area contributed by atoms with Crippen LogP contribution < -0.4 is 5.32 Å². The van der Waals surface area contributed by atoms with Gasteiger partial charge in [-0.3, -0.25) is 0 Å². The molecule has 0 aliphatic rings. The van der Waals surface area contributed by atoms with Crippen LogP contribution in [0.3, 0.4) is 0 Å². The summed E-state index contributed by atoms with van der Waals surface area (Å²) in [5.41, 5.74) is 1.01. The monoisotopic (exact) mass is 276 g/mol. The second kappa shape index (κ2) is 4.49. The van der Waals surface area contributed by atoms with Gasteiger partial charge in [0.05, 0.1) is 5.88 Å². The number of alkyl halides is 1. The van der Waals surface area contributed by atoms with Gasteiger partial charge in [-0.25, -0.2) is 4.98 Å².